The number of nitrogens with two attached hydrogens (primary N) is 1. The van der Waals surface area contributed by atoms with E-state index in [2.05, 4.69) is 38.2 Å². The average Bonchev–Trinajstić information content (AvgIpc) is 3.10. The summed E-state index contributed by atoms with van der Waals surface area (Å²) in [6.07, 6.45) is 43.9. The third kappa shape index (κ3) is 37.8. The van der Waals surface area contributed by atoms with Crippen LogP contribution in [0, 0.1) is 0 Å². The molecule has 0 aromatic rings. The van der Waals surface area contributed by atoms with E-state index < -0.39 is 13.9 Å². The van der Waals surface area contributed by atoms with Crippen LogP contribution in [0.2, 0.25) is 0 Å². The highest BCUT2D eigenvalue weighted by Gasteiger charge is 2.25. The van der Waals surface area contributed by atoms with Crippen molar-refractivity contribution in [2.75, 3.05) is 26.4 Å². The van der Waals surface area contributed by atoms with Gasteiger partial charge in [-0.15, -0.1) is 0 Å². The zero-order chi connectivity index (χ0) is 36.6. The van der Waals surface area contributed by atoms with Gasteiger partial charge in [-0.1, -0.05) is 134 Å². The van der Waals surface area contributed by atoms with E-state index >= 15 is 0 Å². The summed E-state index contributed by atoms with van der Waals surface area (Å²) < 4.78 is 33.1. The molecule has 0 aromatic carbocycles. The van der Waals surface area contributed by atoms with Gasteiger partial charge in [0.05, 0.1) is 19.5 Å². The first-order chi connectivity index (χ1) is 24.4. The average molecular weight is 728 g/mol. The van der Waals surface area contributed by atoms with Crippen molar-refractivity contribution in [2.45, 2.75) is 193 Å². The Morgan fingerprint density at radius 1 is 0.600 bits per heavy atom. The van der Waals surface area contributed by atoms with Crippen LogP contribution in [0.15, 0.2) is 36.6 Å². The molecular formula is C41H78NO7P. The molecule has 294 valence electrons. The molecule has 0 bridgehead atoms. The number of unbranched alkanes of at least 4 members (excludes halogenated alkanes) is 22. The molecule has 0 radical (unpaired) electrons. The van der Waals surface area contributed by atoms with Gasteiger partial charge in [0, 0.05) is 13.0 Å². The van der Waals surface area contributed by atoms with Gasteiger partial charge in [-0.3, -0.25) is 13.8 Å². The molecule has 0 heterocycles. The Bertz CT molecular complexity index is 864. The molecule has 9 heteroatoms. The molecule has 0 saturated heterocycles. The predicted molar refractivity (Wildman–Crippen MR) is 210 cm³/mol. The molecule has 0 spiro atoms. The fourth-order valence-electron chi connectivity index (χ4n) is 5.54. The monoisotopic (exact) mass is 728 g/mol. The first kappa shape index (κ1) is 48.6. The maximum atomic E-state index is 12.5. The molecule has 0 fully saturated rings. The summed E-state index contributed by atoms with van der Waals surface area (Å²) >= 11 is 0. The van der Waals surface area contributed by atoms with E-state index in [1.54, 1.807) is 6.26 Å². The van der Waals surface area contributed by atoms with E-state index in [-0.39, 0.29) is 32.3 Å². The van der Waals surface area contributed by atoms with Crippen molar-refractivity contribution in [1.82, 2.24) is 0 Å². The van der Waals surface area contributed by atoms with E-state index in [1.807, 2.05) is 6.08 Å². The van der Waals surface area contributed by atoms with E-state index in [0.29, 0.717) is 6.42 Å². The van der Waals surface area contributed by atoms with Crippen LogP contribution < -0.4 is 5.73 Å². The summed E-state index contributed by atoms with van der Waals surface area (Å²) in [5.41, 5.74) is 5.35. The van der Waals surface area contributed by atoms with Gasteiger partial charge in [0.25, 0.3) is 0 Å². The van der Waals surface area contributed by atoms with Gasteiger partial charge in [0.1, 0.15) is 6.61 Å². The van der Waals surface area contributed by atoms with Crippen LogP contribution in [0.1, 0.15) is 187 Å². The first-order valence-corrected chi connectivity index (χ1v) is 22.0. The fourth-order valence-corrected chi connectivity index (χ4v) is 6.30. The third-order valence-electron chi connectivity index (χ3n) is 8.59. The van der Waals surface area contributed by atoms with Crippen LogP contribution in [0.25, 0.3) is 0 Å². The normalized spacial score (nSPS) is 13.8. The van der Waals surface area contributed by atoms with Crippen LogP contribution in [0.3, 0.4) is 0 Å². The minimum Gasteiger partial charge on any atom is -0.498 e. The van der Waals surface area contributed by atoms with Crippen molar-refractivity contribution in [1.29, 1.82) is 0 Å². The van der Waals surface area contributed by atoms with Gasteiger partial charge in [0.2, 0.25) is 0 Å². The number of ether oxygens (including phenoxy) is 2. The highest BCUT2D eigenvalue weighted by Crippen LogP contribution is 2.43. The van der Waals surface area contributed by atoms with Crippen LogP contribution in [-0.2, 0) is 27.9 Å². The lowest BCUT2D eigenvalue weighted by Gasteiger charge is -2.19. The topological polar surface area (TPSA) is 117 Å². The Morgan fingerprint density at radius 2 is 1.02 bits per heavy atom. The number of phosphoric acid groups is 1. The predicted octanol–water partition coefficient (Wildman–Crippen LogP) is 12.2. The van der Waals surface area contributed by atoms with Crippen molar-refractivity contribution in [3.05, 3.63) is 36.6 Å². The van der Waals surface area contributed by atoms with Gasteiger partial charge in [-0.25, -0.2) is 4.57 Å². The second-order valence-corrected chi connectivity index (χ2v) is 15.0. The number of carbonyl (C=O) groups is 1. The van der Waals surface area contributed by atoms with Gasteiger partial charge in [0.15, 0.2) is 6.10 Å². The van der Waals surface area contributed by atoms with Gasteiger partial charge in [-0.05, 0) is 76.7 Å². The van der Waals surface area contributed by atoms with Crippen LogP contribution >= 0.6 is 7.82 Å². The van der Waals surface area contributed by atoms with E-state index in [4.69, 9.17) is 24.3 Å². The van der Waals surface area contributed by atoms with E-state index in [0.717, 1.165) is 51.4 Å². The van der Waals surface area contributed by atoms with Crippen molar-refractivity contribution in [2.24, 2.45) is 5.73 Å². The minimum atomic E-state index is -4.29. The standard InChI is InChI=1S/C41H78NO7P/c1-3-5-7-9-11-13-15-17-19-21-23-25-27-29-31-33-36-46-38-40(39-48-50(44,45)47-37-35-42)49-41(43)34-32-30-28-26-24-22-20-18-16-14-12-10-8-6-4-2/h17-20,33,36,40H,3-16,21-32,34-35,37-39,42H2,1-2H3,(H,44,45)/b19-17-,20-18-,36-33-/t40-/m1/s1. The molecular weight excluding hydrogens is 649 g/mol. The SMILES string of the molecule is CCCCCCCC/C=C\CCCCCC/C=C\OC[C@H](COP(=O)(O)OCCN)OC(=O)CCCCCCC/C=C\CCCCCCCC. The van der Waals surface area contributed by atoms with Crippen molar-refractivity contribution >= 4 is 13.8 Å². The Kier molecular flexibility index (Phi) is 37.7. The number of esters is 1. The molecule has 0 aliphatic heterocycles. The number of rotatable bonds is 39. The number of carbonyl (C=O) groups excluding carboxylic acids is 1. The molecule has 1 unspecified atom stereocenters. The second kappa shape index (κ2) is 38.8. The number of hydrogen-bond donors (Lipinski definition) is 2. The molecule has 0 aliphatic carbocycles. The summed E-state index contributed by atoms with van der Waals surface area (Å²) in [6, 6.07) is 0. The van der Waals surface area contributed by atoms with Crippen molar-refractivity contribution < 1.29 is 32.8 Å². The summed E-state index contributed by atoms with van der Waals surface area (Å²) in [5.74, 6) is -0.364. The number of hydrogen-bond acceptors (Lipinski definition) is 7. The van der Waals surface area contributed by atoms with Gasteiger partial charge < -0.3 is 20.1 Å². The lowest BCUT2D eigenvalue weighted by Crippen LogP contribution is -2.27. The Balaban J connectivity index is 4.14. The van der Waals surface area contributed by atoms with Crippen molar-refractivity contribution in [3.8, 4) is 0 Å². The zero-order valence-corrected chi connectivity index (χ0v) is 33.3. The second-order valence-electron chi connectivity index (χ2n) is 13.6. The molecule has 50 heavy (non-hydrogen) atoms. The Hall–Kier alpha value is -1.44. The summed E-state index contributed by atoms with van der Waals surface area (Å²) in [6.45, 7) is 4.21. The smallest absolute Gasteiger partial charge is 0.472 e. The molecule has 0 saturated carbocycles. The van der Waals surface area contributed by atoms with Gasteiger partial charge in [-0.2, -0.15) is 0 Å². The highest BCUT2D eigenvalue weighted by atomic mass is 31.2. The quantitative estimate of drug-likeness (QED) is 0.0211. The molecule has 0 amide bonds. The molecule has 0 aliphatic rings. The third-order valence-corrected chi connectivity index (χ3v) is 9.58. The van der Waals surface area contributed by atoms with Crippen LogP contribution in [0.5, 0.6) is 0 Å². The van der Waals surface area contributed by atoms with E-state index in [1.165, 1.54) is 116 Å². The van der Waals surface area contributed by atoms with Crippen LogP contribution in [-0.4, -0.2) is 43.3 Å². The van der Waals surface area contributed by atoms with Gasteiger partial charge >= 0.3 is 13.8 Å². The zero-order valence-electron chi connectivity index (χ0n) is 32.4. The molecule has 0 rings (SSSR count). The Labute approximate surface area is 308 Å². The molecule has 3 N–H and O–H groups in total. The maximum Gasteiger partial charge on any atom is 0.472 e. The number of phosphoric ester groups is 1. The van der Waals surface area contributed by atoms with Crippen LogP contribution in [0.4, 0.5) is 0 Å². The molecule has 2 atom stereocenters. The largest absolute Gasteiger partial charge is 0.498 e. The number of allylic oxidation sites excluding steroid dienone is 5. The van der Waals surface area contributed by atoms with Crippen molar-refractivity contribution in [3.63, 3.8) is 0 Å². The summed E-state index contributed by atoms with van der Waals surface area (Å²) in [5, 5.41) is 0. The maximum absolute atomic E-state index is 12.5. The Morgan fingerprint density at radius 3 is 1.48 bits per heavy atom. The van der Waals surface area contributed by atoms with E-state index in [9.17, 15) is 14.3 Å². The molecule has 0 aromatic heterocycles. The summed E-state index contributed by atoms with van der Waals surface area (Å²) in [7, 11) is -4.29. The molecule has 8 nitrogen and oxygen atoms in total. The summed E-state index contributed by atoms with van der Waals surface area (Å²) in [4.78, 5) is 22.4. The lowest BCUT2D eigenvalue weighted by molar-refractivity contribution is -0.153. The lowest BCUT2D eigenvalue weighted by atomic mass is 10.1. The minimum absolute atomic E-state index is 0.0244. The first-order valence-electron chi connectivity index (χ1n) is 20.5. The fraction of sp³-hybridized carbons (Fsp3) is 0.829. The highest BCUT2D eigenvalue weighted by molar-refractivity contribution is 7.47.